The van der Waals surface area contributed by atoms with Gasteiger partial charge in [0.15, 0.2) is 0 Å². The molecule has 0 aliphatic heterocycles. The molecule has 1 rings (SSSR count). The lowest BCUT2D eigenvalue weighted by atomic mass is 9.86. The van der Waals surface area contributed by atoms with Gasteiger partial charge in [0.05, 0.1) is 6.61 Å². The monoisotopic (exact) mass is 266 g/mol. The molecule has 1 nitrogen and oxygen atoms in total. The van der Waals surface area contributed by atoms with Gasteiger partial charge in [-0.05, 0) is 41.6 Å². The fourth-order valence-corrected chi connectivity index (χ4v) is 2.39. The summed E-state index contributed by atoms with van der Waals surface area (Å²) in [5, 5.41) is 0. The molecule has 0 aromatic heterocycles. The molecule has 102 valence electrons. The lowest BCUT2D eigenvalue weighted by Crippen LogP contribution is -2.14. The third kappa shape index (κ3) is 4.93. The van der Waals surface area contributed by atoms with Crippen LogP contribution in [0.1, 0.15) is 46.1 Å². The van der Waals surface area contributed by atoms with E-state index in [0.717, 1.165) is 31.0 Å². The maximum Gasteiger partial charge on any atom is 0.123 e. The number of benzene rings is 1. The van der Waals surface area contributed by atoms with E-state index >= 15 is 0 Å². The maximum absolute atomic E-state index is 5.96. The molecular weight excluding hydrogens is 240 g/mol. The Morgan fingerprint density at radius 3 is 2.44 bits per heavy atom. The molecule has 2 heteroatoms. The quantitative estimate of drug-likeness (QED) is 0.734. The molecule has 1 atom stereocenters. The smallest absolute Gasteiger partial charge is 0.123 e. The summed E-state index contributed by atoms with van der Waals surface area (Å²) in [5.74, 6) is 2.67. The Hall–Kier alpha value is -0.630. The van der Waals surface area contributed by atoms with Crippen molar-refractivity contribution < 1.29 is 4.74 Å². The first-order chi connectivity index (χ1) is 8.45. The van der Waals surface area contributed by atoms with Crippen LogP contribution in [0, 0.1) is 5.92 Å². The molecule has 0 aliphatic carbocycles. The maximum atomic E-state index is 5.96. The number of rotatable bonds is 6. The van der Waals surface area contributed by atoms with E-state index in [9.17, 15) is 0 Å². The summed E-state index contributed by atoms with van der Waals surface area (Å²) in [6.45, 7) is 9.72. The van der Waals surface area contributed by atoms with E-state index < -0.39 is 0 Å². The Labute approximate surface area is 117 Å². The summed E-state index contributed by atoms with van der Waals surface area (Å²) < 4.78 is 5.96. The highest BCUT2D eigenvalue weighted by atomic mass is 32.1. The highest BCUT2D eigenvalue weighted by Crippen LogP contribution is 2.31. The second-order valence-electron chi connectivity index (χ2n) is 6.00. The van der Waals surface area contributed by atoms with Gasteiger partial charge in [-0.25, -0.2) is 0 Å². The van der Waals surface area contributed by atoms with Crippen molar-refractivity contribution in [3.8, 4) is 5.75 Å². The van der Waals surface area contributed by atoms with Gasteiger partial charge in [-0.3, -0.25) is 0 Å². The highest BCUT2D eigenvalue weighted by Gasteiger charge is 2.18. The van der Waals surface area contributed by atoms with Gasteiger partial charge >= 0.3 is 0 Å². The van der Waals surface area contributed by atoms with Crippen LogP contribution in [0.25, 0.3) is 0 Å². The summed E-state index contributed by atoms with van der Waals surface area (Å²) in [4.78, 5) is 0. The first-order valence-electron chi connectivity index (χ1n) is 6.78. The minimum Gasteiger partial charge on any atom is -0.493 e. The van der Waals surface area contributed by atoms with Crippen LogP contribution in [-0.2, 0) is 5.41 Å². The van der Waals surface area contributed by atoms with Crippen molar-refractivity contribution in [1.82, 2.24) is 0 Å². The third-order valence-corrected chi connectivity index (χ3v) is 3.44. The Morgan fingerprint density at radius 1 is 1.17 bits per heavy atom. The van der Waals surface area contributed by atoms with E-state index in [1.54, 1.807) is 0 Å². The van der Waals surface area contributed by atoms with Crippen molar-refractivity contribution in [3.63, 3.8) is 0 Å². The predicted octanol–water partition coefficient (Wildman–Crippen LogP) is 4.71. The SMILES string of the molecule is CC(CCS)CCOc1ccccc1C(C)(C)C. The summed E-state index contributed by atoms with van der Waals surface area (Å²) in [7, 11) is 0. The van der Waals surface area contributed by atoms with Gasteiger partial charge in [-0.15, -0.1) is 0 Å². The molecule has 0 bridgehead atoms. The summed E-state index contributed by atoms with van der Waals surface area (Å²) >= 11 is 4.27. The van der Waals surface area contributed by atoms with E-state index in [2.05, 4.69) is 58.5 Å². The summed E-state index contributed by atoms with van der Waals surface area (Å²) in [6, 6.07) is 8.36. The normalized spacial score (nSPS) is 13.4. The Morgan fingerprint density at radius 2 is 1.83 bits per heavy atom. The molecule has 0 aliphatic rings. The van der Waals surface area contributed by atoms with Gasteiger partial charge in [-0.2, -0.15) is 12.6 Å². The lowest BCUT2D eigenvalue weighted by Gasteiger charge is -2.23. The van der Waals surface area contributed by atoms with Crippen LogP contribution >= 0.6 is 12.6 Å². The molecule has 0 heterocycles. The average Bonchev–Trinajstić information content (AvgIpc) is 2.28. The van der Waals surface area contributed by atoms with Gasteiger partial charge < -0.3 is 4.74 Å². The van der Waals surface area contributed by atoms with Crippen LogP contribution in [-0.4, -0.2) is 12.4 Å². The van der Waals surface area contributed by atoms with Gasteiger partial charge in [0.1, 0.15) is 5.75 Å². The second kappa shape index (κ2) is 7.08. The molecule has 0 fully saturated rings. The first-order valence-corrected chi connectivity index (χ1v) is 7.41. The number of hydrogen-bond acceptors (Lipinski definition) is 2. The largest absolute Gasteiger partial charge is 0.493 e. The number of hydrogen-bond donors (Lipinski definition) is 1. The Bertz CT molecular complexity index is 354. The van der Waals surface area contributed by atoms with Crippen LogP contribution in [0.2, 0.25) is 0 Å². The zero-order valence-electron chi connectivity index (χ0n) is 12.1. The van der Waals surface area contributed by atoms with Crippen LogP contribution < -0.4 is 4.74 Å². The minimum absolute atomic E-state index is 0.132. The predicted molar refractivity (Wildman–Crippen MR) is 82.9 cm³/mol. The van der Waals surface area contributed by atoms with Crippen molar-refractivity contribution in [2.24, 2.45) is 5.92 Å². The van der Waals surface area contributed by atoms with Gasteiger partial charge in [-0.1, -0.05) is 45.9 Å². The molecule has 0 saturated carbocycles. The Balaban J connectivity index is 2.57. The van der Waals surface area contributed by atoms with E-state index in [-0.39, 0.29) is 5.41 Å². The molecule has 0 amide bonds. The summed E-state index contributed by atoms with van der Waals surface area (Å²) in [5.41, 5.74) is 1.42. The number of ether oxygens (including phenoxy) is 1. The number of thiol groups is 1. The van der Waals surface area contributed by atoms with E-state index in [1.807, 2.05) is 6.07 Å². The number of para-hydroxylation sites is 1. The summed E-state index contributed by atoms with van der Waals surface area (Å²) in [6.07, 6.45) is 2.26. The lowest BCUT2D eigenvalue weighted by molar-refractivity contribution is 0.276. The molecule has 1 aromatic carbocycles. The van der Waals surface area contributed by atoms with E-state index in [4.69, 9.17) is 4.74 Å². The first kappa shape index (κ1) is 15.4. The topological polar surface area (TPSA) is 9.23 Å². The fraction of sp³-hybridized carbons (Fsp3) is 0.625. The zero-order valence-corrected chi connectivity index (χ0v) is 13.0. The van der Waals surface area contributed by atoms with Crippen molar-refractivity contribution in [3.05, 3.63) is 29.8 Å². The minimum atomic E-state index is 0.132. The fourth-order valence-electron chi connectivity index (χ4n) is 1.95. The molecule has 18 heavy (non-hydrogen) atoms. The van der Waals surface area contributed by atoms with Crippen molar-refractivity contribution in [2.75, 3.05) is 12.4 Å². The molecular formula is C16H26OS. The molecule has 0 spiro atoms. The highest BCUT2D eigenvalue weighted by molar-refractivity contribution is 7.80. The standard InChI is InChI=1S/C16H26OS/c1-13(10-12-18)9-11-17-15-8-6-5-7-14(15)16(2,3)4/h5-8,13,18H,9-12H2,1-4H3. The molecule has 0 radical (unpaired) electrons. The average molecular weight is 266 g/mol. The van der Waals surface area contributed by atoms with Gasteiger partial charge in [0, 0.05) is 0 Å². The Kier molecular flexibility index (Phi) is 6.07. The van der Waals surface area contributed by atoms with Crippen molar-refractivity contribution in [1.29, 1.82) is 0 Å². The molecule has 1 aromatic rings. The molecule has 1 unspecified atom stereocenters. The second-order valence-corrected chi connectivity index (χ2v) is 6.45. The van der Waals surface area contributed by atoms with Crippen molar-refractivity contribution >= 4 is 12.6 Å². The van der Waals surface area contributed by atoms with Crippen molar-refractivity contribution in [2.45, 2.75) is 46.0 Å². The van der Waals surface area contributed by atoms with Crippen LogP contribution in [0.5, 0.6) is 5.75 Å². The van der Waals surface area contributed by atoms with Gasteiger partial charge in [0.2, 0.25) is 0 Å². The molecule has 0 saturated heterocycles. The van der Waals surface area contributed by atoms with Gasteiger partial charge in [0.25, 0.3) is 0 Å². The molecule has 0 N–H and O–H groups in total. The van der Waals surface area contributed by atoms with E-state index in [1.165, 1.54) is 5.56 Å². The third-order valence-electron chi connectivity index (χ3n) is 3.19. The van der Waals surface area contributed by atoms with Crippen LogP contribution in [0.4, 0.5) is 0 Å². The van der Waals surface area contributed by atoms with Crippen LogP contribution in [0.15, 0.2) is 24.3 Å². The van der Waals surface area contributed by atoms with Crippen LogP contribution in [0.3, 0.4) is 0 Å². The van der Waals surface area contributed by atoms with E-state index in [0.29, 0.717) is 5.92 Å². The zero-order chi connectivity index (χ0) is 13.6.